The first-order valence-electron chi connectivity index (χ1n) is 5.47. The van der Waals surface area contributed by atoms with Gasteiger partial charge in [0, 0.05) is 0 Å². The first-order chi connectivity index (χ1) is 7.58. The van der Waals surface area contributed by atoms with Crippen LogP contribution in [0, 0.1) is 5.92 Å². The molecule has 0 aliphatic carbocycles. The van der Waals surface area contributed by atoms with Crippen LogP contribution >= 0.6 is 0 Å². The lowest BCUT2D eigenvalue weighted by atomic mass is 10.0. The minimum atomic E-state index is -0.409. The molecule has 0 aromatic rings. The van der Waals surface area contributed by atoms with Gasteiger partial charge in [0.15, 0.2) is 5.84 Å². The Morgan fingerprint density at radius 2 is 2.44 bits per heavy atom. The molecular weight excluding hydrogens is 210 g/mol. The average molecular weight is 229 g/mol. The molecule has 1 aliphatic rings. The number of hydrogen-bond acceptors (Lipinski definition) is 4. The summed E-state index contributed by atoms with van der Waals surface area (Å²) in [6, 6.07) is -0.409. The molecule has 3 atom stereocenters. The van der Waals surface area contributed by atoms with Crippen molar-refractivity contribution in [1.82, 2.24) is 5.32 Å². The Labute approximate surface area is 94.8 Å². The van der Waals surface area contributed by atoms with E-state index >= 15 is 0 Å². The number of ether oxygens (including phenoxy) is 1. The number of carbonyl (C=O) groups excluding carboxylic acids is 1. The lowest BCUT2D eigenvalue weighted by Crippen LogP contribution is -2.46. The summed E-state index contributed by atoms with van der Waals surface area (Å²) in [6.45, 7) is 4.24. The first kappa shape index (κ1) is 12.8. The van der Waals surface area contributed by atoms with Crippen LogP contribution in [0.25, 0.3) is 0 Å². The Balaban J connectivity index is 2.49. The van der Waals surface area contributed by atoms with E-state index in [0.29, 0.717) is 13.0 Å². The molecule has 92 valence electrons. The third-order valence-corrected chi connectivity index (χ3v) is 2.77. The molecule has 6 heteroatoms. The summed E-state index contributed by atoms with van der Waals surface area (Å²) in [5.41, 5.74) is 5.46. The van der Waals surface area contributed by atoms with Crippen molar-refractivity contribution >= 4 is 11.7 Å². The summed E-state index contributed by atoms with van der Waals surface area (Å²) >= 11 is 0. The van der Waals surface area contributed by atoms with Crippen molar-refractivity contribution in [3.8, 4) is 0 Å². The quantitative estimate of drug-likeness (QED) is 0.275. The molecule has 1 rings (SSSR count). The Morgan fingerprint density at radius 3 is 2.88 bits per heavy atom. The van der Waals surface area contributed by atoms with Gasteiger partial charge >= 0.3 is 0 Å². The highest BCUT2D eigenvalue weighted by Crippen LogP contribution is 2.19. The van der Waals surface area contributed by atoms with Crippen molar-refractivity contribution in [1.29, 1.82) is 0 Å². The summed E-state index contributed by atoms with van der Waals surface area (Å²) in [6.07, 6.45) is 1.43. The van der Waals surface area contributed by atoms with Crippen molar-refractivity contribution in [2.24, 2.45) is 16.8 Å². The summed E-state index contributed by atoms with van der Waals surface area (Å²) in [5.74, 6) is -0.193. The third kappa shape index (κ3) is 3.10. The molecule has 16 heavy (non-hydrogen) atoms. The lowest BCUT2D eigenvalue weighted by Gasteiger charge is -2.17. The van der Waals surface area contributed by atoms with Gasteiger partial charge in [0.25, 0.3) is 0 Å². The van der Waals surface area contributed by atoms with Crippen molar-refractivity contribution in [3.63, 3.8) is 0 Å². The van der Waals surface area contributed by atoms with E-state index < -0.39 is 6.04 Å². The Kier molecular flexibility index (Phi) is 4.54. The molecule has 1 amide bonds. The fraction of sp³-hybridized carbons (Fsp3) is 0.800. The van der Waals surface area contributed by atoms with Crippen LogP contribution in [0.15, 0.2) is 5.16 Å². The van der Waals surface area contributed by atoms with Gasteiger partial charge in [0.05, 0.1) is 24.7 Å². The van der Waals surface area contributed by atoms with Crippen molar-refractivity contribution in [2.45, 2.75) is 38.8 Å². The second-order valence-electron chi connectivity index (χ2n) is 4.07. The smallest absolute Gasteiger partial charge is 0.226 e. The van der Waals surface area contributed by atoms with E-state index in [4.69, 9.17) is 15.7 Å². The van der Waals surface area contributed by atoms with Gasteiger partial charge in [-0.05, 0) is 19.8 Å². The molecule has 1 saturated heterocycles. The molecule has 0 bridgehead atoms. The van der Waals surface area contributed by atoms with Gasteiger partial charge in [-0.2, -0.15) is 0 Å². The number of amidine groups is 1. The molecule has 3 unspecified atom stereocenters. The molecule has 0 aromatic heterocycles. The predicted octanol–water partition coefficient (Wildman–Crippen LogP) is 0.0526. The number of nitrogens with one attached hydrogen (secondary N) is 1. The lowest BCUT2D eigenvalue weighted by molar-refractivity contribution is -0.125. The van der Waals surface area contributed by atoms with Crippen LogP contribution in [0.1, 0.15) is 26.7 Å². The number of nitrogens with two attached hydrogens (primary N) is 1. The van der Waals surface area contributed by atoms with Gasteiger partial charge in [-0.3, -0.25) is 4.79 Å². The van der Waals surface area contributed by atoms with Gasteiger partial charge in [0.2, 0.25) is 5.91 Å². The first-order valence-corrected chi connectivity index (χ1v) is 5.47. The largest absolute Gasteiger partial charge is 0.409 e. The SMILES string of the molecule is CCC(NC(=O)C1COC(C)C1)C(N)=NO. The molecule has 0 radical (unpaired) electrons. The van der Waals surface area contributed by atoms with Gasteiger partial charge in [-0.1, -0.05) is 12.1 Å². The molecule has 1 fully saturated rings. The van der Waals surface area contributed by atoms with E-state index in [0.717, 1.165) is 6.42 Å². The molecule has 1 aliphatic heterocycles. The maximum Gasteiger partial charge on any atom is 0.226 e. The Bertz CT molecular complexity index is 280. The fourth-order valence-corrected chi connectivity index (χ4v) is 1.74. The van der Waals surface area contributed by atoms with Gasteiger partial charge in [0.1, 0.15) is 0 Å². The Hall–Kier alpha value is -1.30. The second-order valence-corrected chi connectivity index (χ2v) is 4.07. The van der Waals surface area contributed by atoms with E-state index in [1.165, 1.54) is 0 Å². The second kappa shape index (κ2) is 5.69. The zero-order chi connectivity index (χ0) is 12.1. The normalized spacial score (nSPS) is 27.8. The topological polar surface area (TPSA) is 96.9 Å². The minimum absolute atomic E-state index is 0.0304. The number of oxime groups is 1. The highest BCUT2D eigenvalue weighted by Gasteiger charge is 2.29. The molecule has 6 nitrogen and oxygen atoms in total. The Morgan fingerprint density at radius 1 is 1.75 bits per heavy atom. The van der Waals surface area contributed by atoms with Crippen LogP contribution in [0.5, 0.6) is 0 Å². The van der Waals surface area contributed by atoms with Gasteiger partial charge in [-0.25, -0.2) is 0 Å². The molecule has 0 saturated carbocycles. The maximum absolute atomic E-state index is 11.8. The molecule has 0 spiro atoms. The fourth-order valence-electron chi connectivity index (χ4n) is 1.74. The summed E-state index contributed by atoms with van der Waals surface area (Å²) in [4.78, 5) is 11.8. The predicted molar refractivity (Wildman–Crippen MR) is 59.2 cm³/mol. The van der Waals surface area contributed by atoms with Crippen LogP contribution in [0.4, 0.5) is 0 Å². The summed E-state index contributed by atoms with van der Waals surface area (Å²) < 4.78 is 5.32. The zero-order valence-corrected chi connectivity index (χ0v) is 9.64. The zero-order valence-electron chi connectivity index (χ0n) is 9.64. The van der Waals surface area contributed by atoms with Crippen molar-refractivity contribution < 1.29 is 14.7 Å². The standard InChI is InChI=1S/C10H19N3O3/c1-3-8(9(11)13-15)12-10(14)7-4-6(2)16-5-7/h6-8,15H,3-5H2,1-2H3,(H2,11,13)(H,12,14). The van der Waals surface area contributed by atoms with Crippen LogP contribution in [0.3, 0.4) is 0 Å². The number of carbonyl (C=O) groups is 1. The average Bonchev–Trinajstić information content (AvgIpc) is 2.71. The van der Waals surface area contributed by atoms with Crippen LogP contribution in [0.2, 0.25) is 0 Å². The molecular formula is C10H19N3O3. The van der Waals surface area contributed by atoms with Crippen molar-refractivity contribution in [2.75, 3.05) is 6.61 Å². The number of amides is 1. The van der Waals surface area contributed by atoms with Gasteiger partial charge < -0.3 is 21.0 Å². The monoisotopic (exact) mass is 229 g/mol. The van der Waals surface area contributed by atoms with Crippen LogP contribution in [-0.4, -0.2) is 35.7 Å². The maximum atomic E-state index is 11.8. The van der Waals surface area contributed by atoms with E-state index in [1.807, 2.05) is 13.8 Å². The van der Waals surface area contributed by atoms with Crippen LogP contribution in [-0.2, 0) is 9.53 Å². The number of rotatable bonds is 4. The summed E-state index contributed by atoms with van der Waals surface area (Å²) in [5, 5.41) is 14.2. The highest BCUT2D eigenvalue weighted by atomic mass is 16.5. The van der Waals surface area contributed by atoms with E-state index in [2.05, 4.69) is 10.5 Å². The van der Waals surface area contributed by atoms with E-state index in [1.54, 1.807) is 0 Å². The minimum Gasteiger partial charge on any atom is -0.409 e. The van der Waals surface area contributed by atoms with E-state index in [9.17, 15) is 4.79 Å². The number of nitrogens with zero attached hydrogens (tertiary/aromatic N) is 1. The molecule has 4 N–H and O–H groups in total. The van der Waals surface area contributed by atoms with Gasteiger partial charge in [-0.15, -0.1) is 0 Å². The molecule has 0 aromatic carbocycles. The van der Waals surface area contributed by atoms with Crippen molar-refractivity contribution in [3.05, 3.63) is 0 Å². The summed E-state index contributed by atoms with van der Waals surface area (Å²) in [7, 11) is 0. The highest BCUT2D eigenvalue weighted by molar-refractivity contribution is 5.90. The van der Waals surface area contributed by atoms with E-state index in [-0.39, 0.29) is 23.8 Å². The number of hydrogen-bond donors (Lipinski definition) is 3. The molecule has 1 heterocycles. The third-order valence-electron chi connectivity index (χ3n) is 2.77. The van der Waals surface area contributed by atoms with Crippen LogP contribution < -0.4 is 11.1 Å².